The normalized spacial score (nSPS) is 10.9. The van der Waals surface area contributed by atoms with E-state index in [1.807, 2.05) is 37.3 Å². The van der Waals surface area contributed by atoms with Crippen LogP contribution in [-0.4, -0.2) is 38.5 Å². The van der Waals surface area contributed by atoms with E-state index in [9.17, 15) is 10.1 Å². The maximum absolute atomic E-state index is 12.5. The van der Waals surface area contributed by atoms with Crippen molar-refractivity contribution in [2.24, 2.45) is 0 Å². The van der Waals surface area contributed by atoms with Crippen LogP contribution in [0.2, 0.25) is 0 Å². The zero-order chi connectivity index (χ0) is 24.5. The summed E-state index contributed by atoms with van der Waals surface area (Å²) in [6.45, 7) is 4.27. The molecule has 0 radical (unpaired) electrons. The minimum atomic E-state index is -0.623. The van der Waals surface area contributed by atoms with E-state index in [-0.39, 0.29) is 18.0 Å². The number of rotatable bonds is 10. The number of anilines is 1. The van der Waals surface area contributed by atoms with Crippen molar-refractivity contribution in [2.45, 2.75) is 13.8 Å². The van der Waals surface area contributed by atoms with Gasteiger partial charge >= 0.3 is 0 Å². The van der Waals surface area contributed by atoms with Gasteiger partial charge in [-0.1, -0.05) is 22.9 Å². The SMILES string of the molecule is COc1cc(/C=C(/C#N)C(=O)Nc2cc(C)on2)cc(OC)c1OCCOc1ccc(C)cc1. The monoisotopic (exact) mass is 463 g/mol. The second-order valence-electron chi connectivity index (χ2n) is 7.21. The van der Waals surface area contributed by atoms with Gasteiger partial charge in [0.25, 0.3) is 5.91 Å². The number of benzene rings is 2. The molecule has 0 bridgehead atoms. The molecular formula is C25H25N3O6. The third-order valence-electron chi connectivity index (χ3n) is 4.65. The van der Waals surface area contributed by atoms with E-state index in [2.05, 4.69) is 10.5 Å². The molecule has 3 aromatic rings. The van der Waals surface area contributed by atoms with Crippen LogP contribution < -0.4 is 24.3 Å². The molecule has 3 rings (SSSR count). The Labute approximate surface area is 197 Å². The number of carbonyl (C=O) groups is 1. The Morgan fingerprint density at radius 1 is 1.06 bits per heavy atom. The predicted octanol–water partition coefficient (Wildman–Crippen LogP) is 4.31. The minimum Gasteiger partial charge on any atom is -0.493 e. The Kier molecular flexibility index (Phi) is 8.13. The molecule has 0 unspecified atom stereocenters. The fourth-order valence-corrected chi connectivity index (χ4v) is 2.99. The van der Waals surface area contributed by atoms with Gasteiger partial charge in [0.2, 0.25) is 5.75 Å². The number of ether oxygens (including phenoxy) is 4. The van der Waals surface area contributed by atoms with Crippen molar-refractivity contribution in [3.8, 4) is 29.1 Å². The van der Waals surface area contributed by atoms with E-state index in [0.29, 0.717) is 35.2 Å². The van der Waals surface area contributed by atoms with E-state index in [4.69, 9.17) is 23.5 Å². The van der Waals surface area contributed by atoms with E-state index in [0.717, 1.165) is 11.3 Å². The molecule has 0 aliphatic carbocycles. The molecular weight excluding hydrogens is 438 g/mol. The predicted molar refractivity (Wildman–Crippen MR) is 125 cm³/mol. The van der Waals surface area contributed by atoms with E-state index < -0.39 is 5.91 Å². The summed E-state index contributed by atoms with van der Waals surface area (Å²) in [6, 6.07) is 14.4. The number of nitrogens with zero attached hydrogens (tertiary/aromatic N) is 2. The lowest BCUT2D eigenvalue weighted by atomic mass is 10.1. The zero-order valence-corrected chi connectivity index (χ0v) is 19.4. The Hall–Kier alpha value is -4.45. The summed E-state index contributed by atoms with van der Waals surface area (Å²) in [4.78, 5) is 12.5. The summed E-state index contributed by atoms with van der Waals surface area (Å²) in [5.74, 6) is 2.02. The fraction of sp³-hybridized carbons (Fsp3) is 0.240. The van der Waals surface area contributed by atoms with Crippen LogP contribution in [-0.2, 0) is 4.79 Å². The summed E-state index contributed by atoms with van der Waals surface area (Å²) in [6.07, 6.45) is 1.41. The van der Waals surface area contributed by atoms with Crippen LogP contribution in [0.15, 0.2) is 52.6 Å². The smallest absolute Gasteiger partial charge is 0.267 e. The Morgan fingerprint density at radius 2 is 1.71 bits per heavy atom. The molecule has 0 fully saturated rings. The molecule has 0 aliphatic heterocycles. The first-order valence-electron chi connectivity index (χ1n) is 10.4. The van der Waals surface area contributed by atoms with Gasteiger partial charge in [-0.05, 0) is 49.8 Å². The first-order valence-corrected chi connectivity index (χ1v) is 10.4. The molecule has 9 nitrogen and oxygen atoms in total. The average Bonchev–Trinajstić information content (AvgIpc) is 3.25. The van der Waals surface area contributed by atoms with Crippen molar-refractivity contribution in [3.05, 3.63) is 64.9 Å². The number of methoxy groups -OCH3 is 2. The topological polar surface area (TPSA) is 116 Å². The molecule has 2 aromatic carbocycles. The molecule has 176 valence electrons. The van der Waals surface area contributed by atoms with Gasteiger partial charge in [0.05, 0.1) is 14.2 Å². The molecule has 0 aliphatic rings. The van der Waals surface area contributed by atoms with Gasteiger partial charge in [-0.15, -0.1) is 0 Å². The second-order valence-corrected chi connectivity index (χ2v) is 7.21. The molecule has 34 heavy (non-hydrogen) atoms. The number of hydrogen-bond donors (Lipinski definition) is 1. The van der Waals surface area contributed by atoms with Crippen LogP contribution in [0, 0.1) is 25.2 Å². The van der Waals surface area contributed by atoms with E-state index in [1.165, 1.54) is 20.3 Å². The lowest BCUT2D eigenvalue weighted by molar-refractivity contribution is -0.112. The third-order valence-corrected chi connectivity index (χ3v) is 4.65. The van der Waals surface area contributed by atoms with Gasteiger partial charge in [-0.3, -0.25) is 4.79 Å². The highest BCUT2D eigenvalue weighted by molar-refractivity contribution is 6.09. The highest BCUT2D eigenvalue weighted by Gasteiger charge is 2.16. The van der Waals surface area contributed by atoms with Crippen LogP contribution in [0.4, 0.5) is 5.82 Å². The lowest BCUT2D eigenvalue weighted by Crippen LogP contribution is -2.13. The van der Waals surface area contributed by atoms with E-state index in [1.54, 1.807) is 25.1 Å². The first-order chi connectivity index (χ1) is 16.4. The van der Waals surface area contributed by atoms with Crippen LogP contribution in [0.3, 0.4) is 0 Å². The number of aromatic nitrogens is 1. The van der Waals surface area contributed by atoms with Gasteiger partial charge in [0, 0.05) is 6.07 Å². The number of carbonyl (C=O) groups excluding carboxylic acids is 1. The quantitative estimate of drug-likeness (QED) is 0.269. The number of nitriles is 1. The summed E-state index contributed by atoms with van der Waals surface area (Å²) in [7, 11) is 2.98. The second kappa shape index (κ2) is 11.4. The average molecular weight is 463 g/mol. The van der Waals surface area contributed by atoms with Gasteiger partial charge in [-0.25, -0.2) is 0 Å². The molecule has 0 saturated heterocycles. The molecule has 1 amide bonds. The molecule has 1 aromatic heterocycles. The highest BCUT2D eigenvalue weighted by Crippen LogP contribution is 2.39. The van der Waals surface area contributed by atoms with Crippen molar-refractivity contribution in [3.63, 3.8) is 0 Å². The zero-order valence-electron chi connectivity index (χ0n) is 19.4. The highest BCUT2D eigenvalue weighted by atomic mass is 16.6. The Bertz CT molecular complexity index is 1180. The van der Waals surface area contributed by atoms with Gasteiger partial charge < -0.3 is 28.8 Å². The van der Waals surface area contributed by atoms with Crippen LogP contribution in [0.1, 0.15) is 16.9 Å². The molecule has 9 heteroatoms. The van der Waals surface area contributed by atoms with Crippen LogP contribution in [0.25, 0.3) is 6.08 Å². The summed E-state index contributed by atoms with van der Waals surface area (Å²) >= 11 is 0. The number of nitrogens with one attached hydrogen (secondary N) is 1. The molecule has 0 atom stereocenters. The lowest BCUT2D eigenvalue weighted by Gasteiger charge is -2.16. The molecule has 1 N–H and O–H groups in total. The van der Waals surface area contributed by atoms with Gasteiger partial charge in [-0.2, -0.15) is 5.26 Å². The number of amides is 1. The van der Waals surface area contributed by atoms with Crippen LogP contribution in [0.5, 0.6) is 23.0 Å². The summed E-state index contributed by atoms with van der Waals surface area (Å²) in [5.41, 5.74) is 1.53. The maximum Gasteiger partial charge on any atom is 0.267 e. The third kappa shape index (κ3) is 6.29. The maximum atomic E-state index is 12.5. The van der Waals surface area contributed by atoms with Crippen molar-refractivity contribution in [1.29, 1.82) is 5.26 Å². The van der Waals surface area contributed by atoms with E-state index >= 15 is 0 Å². The fourth-order valence-electron chi connectivity index (χ4n) is 2.99. The number of aryl methyl sites for hydroxylation is 2. The molecule has 0 saturated carbocycles. The molecule has 1 heterocycles. The van der Waals surface area contributed by atoms with Crippen molar-refractivity contribution >= 4 is 17.8 Å². The largest absolute Gasteiger partial charge is 0.493 e. The van der Waals surface area contributed by atoms with Crippen molar-refractivity contribution in [2.75, 3.05) is 32.8 Å². The first kappa shape index (κ1) is 24.2. The summed E-state index contributed by atoms with van der Waals surface area (Å²) < 4.78 is 27.4. The Morgan fingerprint density at radius 3 is 2.26 bits per heavy atom. The summed E-state index contributed by atoms with van der Waals surface area (Å²) in [5, 5.41) is 15.7. The number of hydrogen-bond acceptors (Lipinski definition) is 8. The van der Waals surface area contributed by atoms with Crippen molar-refractivity contribution < 1.29 is 28.3 Å². The van der Waals surface area contributed by atoms with Gasteiger partial charge in [0.15, 0.2) is 17.3 Å². The van der Waals surface area contributed by atoms with Gasteiger partial charge in [0.1, 0.15) is 36.4 Å². The Balaban J connectivity index is 1.73. The standard InChI is InChI=1S/C25H25N3O6/c1-16-5-7-20(8-6-16)32-9-10-33-24-21(30-3)13-18(14-22(24)31-4)12-19(15-26)25(29)27-23-11-17(2)34-28-23/h5-8,11-14H,9-10H2,1-4H3,(H,27,28,29)/b19-12-. The van der Waals surface area contributed by atoms with Crippen molar-refractivity contribution in [1.82, 2.24) is 5.16 Å². The van der Waals surface area contributed by atoms with Crippen LogP contribution >= 0.6 is 0 Å². The minimum absolute atomic E-state index is 0.134. The molecule has 0 spiro atoms.